The molecule has 0 N–H and O–H groups in total. The summed E-state index contributed by atoms with van der Waals surface area (Å²) in [4.78, 5) is 27.1. The maximum atomic E-state index is 12.3. The van der Waals surface area contributed by atoms with Crippen molar-refractivity contribution < 1.29 is 19.1 Å². The van der Waals surface area contributed by atoms with Crippen LogP contribution in [0.3, 0.4) is 0 Å². The van der Waals surface area contributed by atoms with Gasteiger partial charge in [-0.3, -0.25) is 4.79 Å². The molecule has 2 aromatic heterocycles. The molecule has 28 heavy (non-hydrogen) atoms. The monoisotopic (exact) mass is 403 g/mol. The van der Waals surface area contributed by atoms with Gasteiger partial charge in [-0.15, -0.1) is 11.3 Å². The summed E-state index contributed by atoms with van der Waals surface area (Å²) in [5.74, 6) is -0.654. The summed E-state index contributed by atoms with van der Waals surface area (Å²) in [5, 5.41) is 6.38. The highest BCUT2D eigenvalue weighted by Crippen LogP contribution is 2.21. The SMILES string of the molecule is CC(C)(C)OC(=O)N1CCC(C(=O)OCn2ccc(C=Cc3cccs3)n2)C1. The summed E-state index contributed by atoms with van der Waals surface area (Å²) < 4.78 is 12.3. The van der Waals surface area contributed by atoms with Gasteiger partial charge >= 0.3 is 12.1 Å². The van der Waals surface area contributed by atoms with E-state index in [0.717, 1.165) is 10.6 Å². The molecule has 8 heteroatoms. The molecule has 1 unspecified atom stereocenters. The summed E-state index contributed by atoms with van der Waals surface area (Å²) in [6.07, 6.45) is 5.86. The molecule has 2 aromatic rings. The Labute approximate surface area is 168 Å². The van der Waals surface area contributed by atoms with Crippen molar-refractivity contribution in [1.29, 1.82) is 0 Å². The lowest BCUT2D eigenvalue weighted by Gasteiger charge is -2.24. The second-order valence-corrected chi connectivity index (χ2v) is 8.61. The molecule has 1 saturated heterocycles. The number of rotatable bonds is 5. The number of likely N-dealkylation sites (tertiary alicyclic amines) is 1. The van der Waals surface area contributed by atoms with Gasteiger partial charge in [-0.2, -0.15) is 5.10 Å². The zero-order valence-electron chi connectivity index (χ0n) is 16.3. The van der Waals surface area contributed by atoms with E-state index < -0.39 is 11.7 Å². The van der Waals surface area contributed by atoms with Crippen LogP contribution < -0.4 is 0 Å². The number of carbonyl (C=O) groups is 2. The van der Waals surface area contributed by atoms with E-state index in [4.69, 9.17) is 9.47 Å². The van der Waals surface area contributed by atoms with Crippen molar-refractivity contribution in [3.63, 3.8) is 0 Å². The lowest BCUT2D eigenvalue weighted by atomic mass is 10.1. The molecule has 1 amide bonds. The summed E-state index contributed by atoms with van der Waals surface area (Å²) in [6.45, 7) is 6.33. The third-order valence-electron chi connectivity index (χ3n) is 4.14. The third-order valence-corrected chi connectivity index (χ3v) is 4.97. The van der Waals surface area contributed by atoms with Gasteiger partial charge in [0.05, 0.1) is 11.6 Å². The van der Waals surface area contributed by atoms with Gasteiger partial charge in [-0.25, -0.2) is 9.48 Å². The van der Waals surface area contributed by atoms with Crippen LogP contribution in [0.15, 0.2) is 29.8 Å². The molecule has 7 nitrogen and oxygen atoms in total. The molecule has 1 aliphatic heterocycles. The third kappa shape index (κ3) is 5.69. The van der Waals surface area contributed by atoms with Gasteiger partial charge in [0, 0.05) is 24.2 Å². The van der Waals surface area contributed by atoms with Crippen LogP contribution >= 0.6 is 11.3 Å². The minimum Gasteiger partial charge on any atom is -0.444 e. The number of amides is 1. The topological polar surface area (TPSA) is 73.7 Å². The lowest BCUT2D eigenvalue weighted by molar-refractivity contribution is -0.152. The number of hydrogen-bond donors (Lipinski definition) is 0. The van der Waals surface area contributed by atoms with Gasteiger partial charge in [0.25, 0.3) is 0 Å². The number of aromatic nitrogens is 2. The molecule has 1 atom stereocenters. The lowest BCUT2D eigenvalue weighted by Crippen LogP contribution is -2.36. The molecule has 0 bridgehead atoms. The first-order valence-electron chi connectivity index (χ1n) is 9.20. The van der Waals surface area contributed by atoms with Gasteiger partial charge in [0.15, 0.2) is 6.73 Å². The average Bonchev–Trinajstić information content (AvgIpc) is 3.38. The van der Waals surface area contributed by atoms with Crippen LogP contribution in [0.25, 0.3) is 12.2 Å². The zero-order chi connectivity index (χ0) is 20.1. The Morgan fingerprint density at radius 1 is 1.32 bits per heavy atom. The van der Waals surface area contributed by atoms with Gasteiger partial charge in [0.2, 0.25) is 0 Å². The fraction of sp³-hybridized carbons (Fsp3) is 0.450. The van der Waals surface area contributed by atoms with E-state index in [2.05, 4.69) is 5.10 Å². The highest BCUT2D eigenvalue weighted by molar-refractivity contribution is 7.10. The molecule has 0 aromatic carbocycles. The predicted molar refractivity (Wildman–Crippen MR) is 107 cm³/mol. The fourth-order valence-electron chi connectivity index (χ4n) is 2.78. The van der Waals surface area contributed by atoms with Gasteiger partial charge in [0.1, 0.15) is 5.60 Å². The summed E-state index contributed by atoms with van der Waals surface area (Å²) in [5.41, 5.74) is 0.243. The Morgan fingerprint density at radius 3 is 2.86 bits per heavy atom. The Kier molecular flexibility index (Phi) is 6.18. The molecule has 0 spiro atoms. The molecule has 0 aliphatic carbocycles. The smallest absolute Gasteiger partial charge is 0.410 e. The minimum atomic E-state index is -0.550. The van der Waals surface area contributed by atoms with Crippen molar-refractivity contribution in [2.24, 2.45) is 5.92 Å². The van der Waals surface area contributed by atoms with Crippen molar-refractivity contribution in [3.05, 3.63) is 40.3 Å². The largest absolute Gasteiger partial charge is 0.444 e. The van der Waals surface area contributed by atoms with Crippen LogP contribution in [0.4, 0.5) is 4.79 Å². The first kappa shape index (κ1) is 20.1. The normalized spacial score (nSPS) is 17.2. The van der Waals surface area contributed by atoms with Crippen molar-refractivity contribution in [1.82, 2.24) is 14.7 Å². The van der Waals surface area contributed by atoms with E-state index in [1.54, 1.807) is 27.1 Å². The van der Waals surface area contributed by atoms with Crippen LogP contribution in [0.5, 0.6) is 0 Å². The van der Waals surface area contributed by atoms with E-state index in [9.17, 15) is 9.59 Å². The van der Waals surface area contributed by atoms with E-state index in [-0.39, 0.29) is 18.6 Å². The number of esters is 1. The number of thiophene rings is 1. The highest BCUT2D eigenvalue weighted by Gasteiger charge is 2.34. The summed E-state index contributed by atoms with van der Waals surface area (Å²) in [6, 6.07) is 5.88. The summed E-state index contributed by atoms with van der Waals surface area (Å²) >= 11 is 1.65. The number of hydrogen-bond acceptors (Lipinski definition) is 6. The molecule has 1 fully saturated rings. The van der Waals surface area contributed by atoms with Crippen LogP contribution in [-0.4, -0.2) is 45.4 Å². The first-order valence-corrected chi connectivity index (χ1v) is 10.1. The molecule has 1 aliphatic rings. The number of carbonyl (C=O) groups excluding carboxylic acids is 2. The van der Waals surface area contributed by atoms with Crippen LogP contribution in [0.1, 0.15) is 37.8 Å². The van der Waals surface area contributed by atoms with E-state index in [1.807, 2.05) is 56.5 Å². The van der Waals surface area contributed by atoms with Crippen molar-refractivity contribution in [3.8, 4) is 0 Å². The van der Waals surface area contributed by atoms with Crippen molar-refractivity contribution in [2.45, 2.75) is 39.5 Å². The molecular weight excluding hydrogens is 378 g/mol. The molecule has 0 saturated carbocycles. The summed E-state index contributed by atoms with van der Waals surface area (Å²) in [7, 11) is 0. The van der Waals surface area contributed by atoms with Gasteiger partial charge in [-0.1, -0.05) is 6.07 Å². The average molecular weight is 404 g/mol. The maximum absolute atomic E-state index is 12.3. The fourth-order valence-corrected chi connectivity index (χ4v) is 3.40. The van der Waals surface area contributed by atoms with E-state index >= 15 is 0 Å². The van der Waals surface area contributed by atoms with E-state index in [1.165, 1.54) is 0 Å². The Morgan fingerprint density at radius 2 is 2.14 bits per heavy atom. The van der Waals surface area contributed by atoms with Crippen LogP contribution in [-0.2, 0) is 21.0 Å². The zero-order valence-corrected chi connectivity index (χ0v) is 17.1. The van der Waals surface area contributed by atoms with Crippen LogP contribution in [0.2, 0.25) is 0 Å². The minimum absolute atomic E-state index is 0.0502. The van der Waals surface area contributed by atoms with Gasteiger partial charge in [-0.05, 0) is 56.9 Å². The highest BCUT2D eigenvalue weighted by atomic mass is 32.1. The number of ether oxygens (including phenoxy) is 2. The molecule has 0 radical (unpaired) electrons. The molecule has 3 heterocycles. The van der Waals surface area contributed by atoms with Gasteiger partial charge < -0.3 is 14.4 Å². The van der Waals surface area contributed by atoms with E-state index in [0.29, 0.717) is 19.5 Å². The maximum Gasteiger partial charge on any atom is 0.410 e. The standard InChI is InChI=1S/C20H25N3O4S/c1-20(2,3)27-19(25)22-10-8-15(13-22)18(24)26-14-23-11-9-16(21-23)6-7-17-5-4-12-28-17/h4-7,9,11-12,15H,8,10,13-14H2,1-3H3. The second-order valence-electron chi connectivity index (χ2n) is 7.63. The van der Waals surface area contributed by atoms with Crippen molar-refractivity contribution in [2.75, 3.05) is 13.1 Å². The predicted octanol–water partition coefficient (Wildman–Crippen LogP) is 3.87. The Bertz CT molecular complexity index is 836. The Balaban J connectivity index is 1.45. The van der Waals surface area contributed by atoms with Crippen LogP contribution in [0, 0.1) is 5.92 Å². The quantitative estimate of drug-likeness (QED) is 0.709. The molecule has 3 rings (SSSR count). The number of nitrogens with zero attached hydrogens (tertiary/aromatic N) is 3. The van der Waals surface area contributed by atoms with Crippen molar-refractivity contribution >= 4 is 35.6 Å². The molecular formula is C20H25N3O4S. The second kappa shape index (κ2) is 8.60. The Hall–Kier alpha value is -2.61. The first-order chi connectivity index (χ1) is 13.3. The molecule has 150 valence electrons.